The monoisotopic (exact) mass is 898 g/mol. The predicted molar refractivity (Wildman–Crippen MR) is 233 cm³/mol. The molecule has 3 heterocycles. The van der Waals surface area contributed by atoms with Crippen molar-refractivity contribution in [2.24, 2.45) is 28.8 Å². The van der Waals surface area contributed by atoms with Gasteiger partial charge >= 0.3 is 11.8 Å². The van der Waals surface area contributed by atoms with E-state index in [1.54, 1.807) is 52.0 Å². The van der Waals surface area contributed by atoms with Gasteiger partial charge in [-0.3, -0.25) is 14.4 Å². The number of esters is 1. The van der Waals surface area contributed by atoms with Gasteiger partial charge in [-0.05, 0) is 32.1 Å². The van der Waals surface area contributed by atoms with Gasteiger partial charge in [-0.15, -0.1) is 0 Å². The van der Waals surface area contributed by atoms with Gasteiger partial charge in [0.1, 0.15) is 30.0 Å². The molecule has 0 saturated carbocycles. The fourth-order valence-corrected chi connectivity index (χ4v) is 8.17. The van der Waals surface area contributed by atoms with E-state index in [0.717, 1.165) is 6.21 Å². The lowest BCUT2D eigenvalue weighted by atomic mass is 9.78. The van der Waals surface area contributed by atoms with Crippen molar-refractivity contribution in [3.63, 3.8) is 0 Å². The highest BCUT2D eigenvalue weighted by atomic mass is 35.5. The molecule has 3 aliphatic rings. The van der Waals surface area contributed by atoms with Gasteiger partial charge in [0.2, 0.25) is 0 Å². The lowest BCUT2D eigenvalue weighted by Gasteiger charge is -2.38. The maximum atomic E-state index is 14.4. The number of allylic oxidation sites excluding steroid dienone is 2. The summed E-state index contributed by atoms with van der Waals surface area (Å²) in [5, 5.41) is 64.9. The molecule has 17 heteroatoms. The van der Waals surface area contributed by atoms with Crippen LogP contribution in [0.1, 0.15) is 75.5 Å². The molecule has 0 spiro atoms. The van der Waals surface area contributed by atoms with Crippen molar-refractivity contribution in [1.29, 1.82) is 0 Å². The molecule has 6 rings (SSSR count). The maximum Gasteiger partial charge on any atom is 0.312 e. The van der Waals surface area contributed by atoms with Crippen LogP contribution in [-0.4, -0.2) is 86.7 Å². The van der Waals surface area contributed by atoms with Crippen LogP contribution in [0, 0.1) is 30.6 Å². The van der Waals surface area contributed by atoms with Gasteiger partial charge in [-0.25, -0.2) is 0 Å². The van der Waals surface area contributed by atoms with Crippen LogP contribution in [0.4, 0.5) is 5.69 Å². The number of oxime groups is 1. The van der Waals surface area contributed by atoms with Crippen molar-refractivity contribution >= 4 is 63.5 Å². The Labute approximate surface area is 369 Å². The van der Waals surface area contributed by atoms with E-state index in [1.165, 1.54) is 59.3 Å². The Morgan fingerprint density at radius 1 is 0.968 bits per heavy atom. The number of nitrogens with one attached hydrogen (secondary N) is 1. The van der Waals surface area contributed by atoms with E-state index in [4.69, 9.17) is 47.0 Å². The SMILES string of the molecule is CO[C@H]1C=CO[C@@]2(C)Oc3c(C)c(O)c4c(O)c(c(/C=N/OCc5ccc(Cl)cc5Cl)c(O)c4c3C2=O)NC(=O)/C(C)=C\C=C/[C@H](C)[C@H](O)[C@@H](C)[C@@H](O)[C@@H](C)[C@H](OC(C)=O)[C@@H]1C. The fraction of sp³-hybridized carbons (Fsp3) is 0.422. The summed E-state index contributed by atoms with van der Waals surface area (Å²) in [6, 6.07) is 4.74. The van der Waals surface area contributed by atoms with Crippen LogP contribution < -0.4 is 10.1 Å². The van der Waals surface area contributed by atoms with Crippen LogP contribution in [-0.2, 0) is 35.2 Å². The standard InChI is InChI=1S/C45H52Cl2N2O13/c1-20-11-10-12-21(2)44(57)49-35-29(18-48-60-19-27-13-14-28(46)17-30(27)47)39(54)32-33(40(35)55)38(53)25(6)42-34(32)43(56)45(8,62-42)59-16-15-31(58-9)22(3)41(61-26(7)50)24(5)37(52)23(4)36(20)51/h10-18,20,22-24,31,36-37,41,51-55H,19H2,1-9H3,(H,49,57)/b11-10-,16-15?,21-12-,48-18+/t20-,22+,23+,24+,31-,36-,37+,41+,45-/m0/s1. The summed E-state index contributed by atoms with van der Waals surface area (Å²) in [5.74, 6) is -9.00. The Bertz CT molecular complexity index is 2360. The minimum Gasteiger partial charge on any atom is -0.507 e. The molecule has 5 bridgehead atoms. The predicted octanol–water partition coefficient (Wildman–Crippen LogP) is 7.61. The summed E-state index contributed by atoms with van der Waals surface area (Å²) >= 11 is 12.3. The average Bonchev–Trinajstić information content (AvgIpc) is 3.49. The van der Waals surface area contributed by atoms with Gasteiger partial charge in [0, 0.05) is 76.8 Å². The number of phenolic OH excluding ortho intramolecular Hbond substituents is 3. The number of hydrogen-bond acceptors (Lipinski definition) is 14. The van der Waals surface area contributed by atoms with Gasteiger partial charge in [0.15, 0.2) is 5.75 Å². The summed E-state index contributed by atoms with van der Waals surface area (Å²) in [6.07, 6.45) is 4.29. The number of amides is 1. The highest BCUT2D eigenvalue weighted by molar-refractivity contribution is 6.35. The Morgan fingerprint density at radius 2 is 1.66 bits per heavy atom. The van der Waals surface area contributed by atoms with Crippen molar-refractivity contribution in [3.05, 3.63) is 86.6 Å². The van der Waals surface area contributed by atoms with Crippen LogP contribution in [0.5, 0.6) is 23.0 Å². The number of rotatable bonds is 6. The fourth-order valence-electron chi connectivity index (χ4n) is 7.71. The zero-order valence-corrected chi connectivity index (χ0v) is 37.2. The molecule has 334 valence electrons. The number of fused-ring (bicyclic) bond motifs is 14. The van der Waals surface area contributed by atoms with Crippen molar-refractivity contribution in [2.45, 2.75) is 92.2 Å². The number of methoxy groups -OCH3 is 1. The number of ether oxygens (including phenoxy) is 4. The molecule has 0 unspecified atom stereocenters. The van der Waals surface area contributed by atoms with Gasteiger partial charge in [-0.1, -0.05) is 80.3 Å². The number of carbonyl (C=O) groups is 3. The highest BCUT2D eigenvalue weighted by Gasteiger charge is 2.50. The van der Waals surface area contributed by atoms with Crippen LogP contribution in [0.2, 0.25) is 10.0 Å². The van der Waals surface area contributed by atoms with E-state index in [9.17, 15) is 39.9 Å². The molecule has 3 aromatic rings. The molecule has 0 fully saturated rings. The molecule has 0 radical (unpaired) electrons. The maximum absolute atomic E-state index is 14.4. The number of Topliss-reactive ketones (excluding diaryl/α,β-unsaturated/α-hetero) is 1. The van der Waals surface area contributed by atoms with Gasteiger partial charge < -0.3 is 54.6 Å². The number of nitrogens with zero attached hydrogens (tertiary/aromatic N) is 1. The zero-order valence-electron chi connectivity index (χ0n) is 35.7. The molecular formula is C45H52Cl2N2O13. The van der Waals surface area contributed by atoms with Crippen LogP contribution in [0.15, 0.2) is 59.5 Å². The van der Waals surface area contributed by atoms with E-state index < -0.39 is 94.5 Å². The van der Waals surface area contributed by atoms with Crippen LogP contribution in [0.3, 0.4) is 0 Å². The smallest absolute Gasteiger partial charge is 0.312 e. The number of carbonyl (C=O) groups excluding carboxylic acids is 3. The number of anilines is 1. The normalized spacial score (nSPS) is 28.6. The second-order valence-corrected chi connectivity index (χ2v) is 16.7. The first kappa shape index (κ1) is 47.7. The summed E-state index contributed by atoms with van der Waals surface area (Å²) < 4.78 is 23.5. The summed E-state index contributed by atoms with van der Waals surface area (Å²) in [7, 11) is 1.42. The number of ketones is 1. The zero-order chi connectivity index (χ0) is 46.0. The lowest BCUT2D eigenvalue weighted by Crippen LogP contribution is -2.46. The Morgan fingerprint density at radius 3 is 2.31 bits per heavy atom. The third kappa shape index (κ3) is 9.52. The highest BCUT2D eigenvalue weighted by Crippen LogP contribution is 2.55. The second-order valence-electron chi connectivity index (χ2n) is 15.9. The molecule has 3 aromatic carbocycles. The van der Waals surface area contributed by atoms with Crippen LogP contribution in [0.25, 0.3) is 10.8 Å². The van der Waals surface area contributed by atoms with E-state index >= 15 is 0 Å². The molecule has 62 heavy (non-hydrogen) atoms. The molecule has 6 N–H and O–H groups in total. The van der Waals surface area contributed by atoms with E-state index in [-0.39, 0.29) is 45.4 Å². The molecule has 3 aliphatic heterocycles. The van der Waals surface area contributed by atoms with Crippen molar-refractivity contribution in [2.75, 3.05) is 12.4 Å². The molecule has 0 saturated heterocycles. The van der Waals surface area contributed by atoms with E-state index in [1.807, 2.05) is 0 Å². The largest absolute Gasteiger partial charge is 0.507 e. The lowest BCUT2D eigenvalue weighted by molar-refractivity contribution is -0.160. The van der Waals surface area contributed by atoms with Crippen molar-refractivity contribution in [3.8, 4) is 23.0 Å². The van der Waals surface area contributed by atoms with Crippen LogP contribution >= 0.6 is 23.2 Å². The minimum atomic E-state index is -2.10. The number of aliphatic hydroxyl groups is 2. The summed E-state index contributed by atoms with van der Waals surface area (Å²) in [6.45, 7) is 12.2. The molecule has 15 nitrogen and oxygen atoms in total. The molecule has 0 aliphatic carbocycles. The number of halogens is 2. The quantitative estimate of drug-likeness (QED) is 0.0462. The van der Waals surface area contributed by atoms with Gasteiger partial charge in [0.05, 0.1) is 53.0 Å². The first-order valence-corrected chi connectivity index (χ1v) is 20.6. The van der Waals surface area contributed by atoms with Crippen molar-refractivity contribution in [1.82, 2.24) is 0 Å². The summed E-state index contributed by atoms with van der Waals surface area (Å²) in [5.41, 5.74) is -0.320. The molecule has 1 amide bonds. The number of benzene rings is 3. The number of aromatic hydroxyl groups is 3. The number of phenols is 3. The Hall–Kier alpha value is -5.32. The molecule has 9 atom stereocenters. The Balaban J connectivity index is 1.69. The van der Waals surface area contributed by atoms with Crippen molar-refractivity contribution < 1.29 is 63.7 Å². The third-order valence-corrected chi connectivity index (χ3v) is 12.1. The summed E-state index contributed by atoms with van der Waals surface area (Å²) in [4.78, 5) is 46.0. The topological polar surface area (TPSA) is 223 Å². The third-order valence-electron chi connectivity index (χ3n) is 11.5. The first-order valence-electron chi connectivity index (χ1n) is 19.8. The molecular weight excluding hydrogens is 847 g/mol. The number of aliphatic hydroxyl groups excluding tert-OH is 2. The Kier molecular flexibility index (Phi) is 14.9. The molecule has 0 aromatic heterocycles. The number of hydrogen-bond donors (Lipinski definition) is 6. The van der Waals surface area contributed by atoms with Gasteiger partial charge in [-0.2, -0.15) is 0 Å². The average molecular weight is 900 g/mol. The van der Waals surface area contributed by atoms with Gasteiger partial charge in [0.25, 0.3) is 11.7 Å². The first-order chi connectivity index (χ1) is 29.1. The second kappa shape index (κ2) is 19.4. The van der Waals surface area contributed by atoms with E-state index in [2.05, 4.69) is 10.5 Å². The van der Waals surface area contributed by atoms with E-state index in [0.29, 0.717) is 15.6 Å². The minimum absolute atomic E-state index is 0.00570.